The van der Waals surface area contributed by atoms with Gasteiger partial charge in [0, 0.05) is 18.4 Å². The number of nitrogens with one attached hydrogen (secondary N) is 4. The van der Waals surface area contributed by atoms with E-state index in [1.165, 1.54) is 0 Å². The van der Waals surface area contributed by atoms with E-state index in [0.29, 0.717) is 13.0 Å². The van der Waals surface area contributed by atoms with Crippen molar-refractivity contribution in [2.24, 2.45) is 0 Å². The van der Waals surface area contributed by atoms with Crippen molar-refractivity contribution >= 4 is 22.5 Å². The summed E-state index contributed by atoms with van der Waals surface area (Å²) in [7, 11) is 0. The van der Waals surface area contributed by atoms with Gasteiger partial charge in [-0.3, -0.25) is 15.2 Å². The molecule has 0 radical (unpaired) electrons. The maximum absolute atomic E-state index is 12.4. The number of carbonyl (C=O) groups is 1. The lowest BCUT2D eigenvalue weighted by Crippen LogP contribution is -2.44. The molecule has 1 amide bonds. The summed E-state index contributed by atoms with van der Waals surface area (Å²) in [5.41, 5.74) is 3.67. The summed E-state index contributed by atoms with van der Waals surface area (Å²) in [6.45, 7) is 0.628. The second kappa shape index (κ2) is 4.71. The van der Waals surface area contributed by atoms with Crippen LogP contribution in [0, 0.1) is 0 Å². The molecule has 1 unspecified atom stereocenters. The van der Waals surface area contributed by atoms with Gasteiger partial charge in [0.25, 0.3) is 0 Å². The molecule has 1 aromatic carbocycles. The summed E-state index contributed by atoms with van der Waals surface area (Å²) in [4.78, 5) is 19.7. The number of hydrogen-bond acceptors (Lipinski definition) is 4. The van der Waals surface area contributed by atoms with Crippen LogP contribution in [-0.4, -0.2) is 32.1 Å². The van der Waals surface area contributed by atoms with Crippen LogP contribution in [0.25, 0.3) is 10.9 Å². The minimum Gasteiger partial charge on any atom is -0.347 e. The van der Waals surface area contributed by atoms with Gasteiger partial charge in [0.1, 0.15) is 0 Å². The number of aromatic nitrogens is 4. The number of H-pyrrole nitrogens is 2. The fourth-order valence-corrected chi connectivity index (χ4v) is 2.65. The highest BCUT2D eigenvalue weighted by Crippen LogP contribution is 2.22. The molecule has 4 N–H and O–H groups in total. The summed E-state index contributed by atoms with van der Waals surface area (Å²) < 4.78 is 0. The Hall–Kier alpha value is -2.67. The largest absolute Gasteiger partial charge is 0.347 e. The van der Waals surface area contributed by atoms with E-state index in [2.05, 4.69) is 30.8 Å². The molecular formula is C14H14N6O. The normalized spacial score (nSPS) is 17.6. The van der Waals surface area contributed by atoms with E-state index in [0.717, 1.165) is 28.0 Å². The third-order valence-electron chi connectivity index (χ3n) is 3.79. The van der Waals surface area contributed by atoms with Gasteiger partial charge in [0.2, 0.25) is 5.91 Å². The number of carbonyl (C=O) groups excluding carboxylic acids is 1. The second-order valence-corrected chi connectivity index (χ2v) is 5.09. The molecule has 0 saturated heterocycles. The Kier molecular flexibility index (Phi) is 2.71. The molecule has 3 heterocycles. The Morgan fingerprint density at radius 2 is 2.33 bits per heavy atom. The zero-order chi connectivity index (χ0) is 14.2. The molecule has 0 fully saturated rings. The van der Waals surface area contributed by atoms with E-state index in [9.17, 15) is 4.79 Å². The number of imidazole rings is 1. The van der Waals surface area contributed by atoms with E-state index < -0.39 is 0 Å². The summed E-state index contributed by atoms with van der Waals surface area (Å²) in [6, 6.07) is 5.41. The molecule has 21 heavy (non-hydrogen) atoms. The van der Waals surface area contributed by atoms with Crippen molar-refractivity contribution in [3.8, 4) is 0 Å². The predicted molar refractivity (Wildman–Crippen MR) is 77.6 cm³/mol. The Morgan fingerprint density at radius 1 is 1.38 bits per heavy atom. The number of anilines is 1. The second-order valence-electron chi connectivity index (χ2n) is 5.09. The van der Waals surface area contributed by atoms with Crippen molar-refractivity contribution in [2.75, 3.05) is 5.32 Å². The Morgan fingerprint density at radius 3 is 3.29 bits per heavy atom. The van der Waals surface area contributed by atoms with Crippen LogP contribution in [0.1, 0.15) is 11.4 Å². The first-order chi connectivity index (χ1) is 10.3. The highest BCUT2D eigenvalue weighted by Gasteiger charge is 2.26. The first-order valence-electron chi connectivity index (χ1n) is 6.79. The number of aromatic amines is 2. The number of hydrogen-bond donors (Lipinski definition) is 4. The third-order valence-corrected chi connectivity index (χ3v) is 3.79. The standard InChI is InChI=1S/C14H14N6O/c21-14(12-4-11-13(6-15-12)17-7-16-11)19-9-2-1-3-10-8(9)5-18-20-10/h1-3,5,7,12,15H,4,6H2,(H,16,17)(H,18,20)(H,19,21). The average Bonchev–Trinajstić information content (AvgIpc) is 3.15. The summed E-state index contributed by atoms with van der Waals surface area (Å²) in [5, 5.41) is 14.0. The zero-order valence-corrected chi connectivity index (χ0v) is 11.2. The maximum Gasteiger partial charge on any atom is 0.241 e. The Balaban J connectivity index is 1.55. The van der Waals surface area contributed by atoms with Gasteiger partial charge in [0.05, 0.1) is 41.2 Å². The molecule has 0 aliphatic carbocycles. The molecule has 1 aliphatic rings. The van der Waals surface area contributed by atoms with Gasteiger partial charge in [0.15, 0.2) is 0 Å². The van der Waals surface area contributed by atoms with E-state index in [4.69, 9.17) is 0 Å². The topological polar surface area (TPSA) is 98.5 Å². The van der Waals surface area contributed by atoms with Crippen LogP contribution in [0.5, 0.6) is 0 Å². The number of fused-ring (bicyclic) bond motifs is 2. The lowest BCUT2D eigenvalue weighted by atomic mass is 10.0. The van der Waals surface area contributed by atoms with Crippen molar-refractivity contribution in [2.45, 2.75) is 19.0 Å². The Bertz CT molecular complexity index is 805. The molecule has 2 aromatic heterocycles. The van der Waals surface area contributed by atoms with Gasteiger partial charge >= 0.3 is 0 Å². The summed E-state index contributed by atoms with van der Waals surface area (Å²) >= 11 is 0. The van der Waals surface area contributed by atoms with Gasteiger partial charge in [-0.25, -0.2) is 4.98 Å². The van der Waals surface area contributed by atoms with E-state index in [1.54, 1.807) is 12.5 Å². The SMILES string of the molecule is O=C(Nc1cccc2[nH]ncc12)C1Cc2nc[nH]c2CN1. The molecule has 3 aromatic rings. The quantitative estimate of drug-likeness (QED) is 0.562. The smallest absolute Gasteiger partial charge is 0.241 e. The van der Waals surface area contributed by atoms with Gasteiger partial charge in [-0.15, -0.1) is 0 Å². The van der Waals surface area contributed by atoms with Crippen LogP contribution in [0.3, 0.4) is 0 Å². The van der Waals surface area contributed by atoms with E-state index in [-0.39, 0.29) is 11.9 Å². The van der Waals surface area contributed by atoms with E-state index >= 15 is 0 Å². The monoisotopic (exact) mass is 282 g/mol. The van der Waals surface area contributed by atoms with Crippen LogP contribution in [-0.2, 0) is 17.8 Å². The highest BCUT2D eigenvalue weighted by atomic mass is 16.2. The predicted octanol–water partition coefficient (Wildman–Crippen LogP) is 0.939. The van der Waals surface area contributed by atoms with Gasteiger partial charge in [-0.1, -0.05) is 6.07 Å². The van der Waals surface area contributed by atoms with Crippen LogP contribution >= 0.6 is 0 Å². The first kappa shape index (κ1) is 12.1. The van der Waals surface area contributed by atoms with E-state index in [1.807, 2.05) is 18.2 Å². The number of benzene rings is 1. The van der Waals surface area contributed by atoms with Crippen LogP contribution in [0.15, 0.2) is 30.7 Å². The van der Waals surface area contributed by atoms with Gasteiger partial charge in [-0.05, 0) is 12.1 Å². The van der Waals surface area contributed by atoms with Crippen LogP contribution in [0.4, 0.5) is 5.69 Å². The molecule has 106 valence electrons. The average molecular weight is 282 g/mol. The fourth-order valence-electron chi connectivity index (χ4n) is 2.65. The van der Waals surface area contributed by atoms with Crippen LogP contribution < -0.4 is 10.6 Å². The number of rotatable bonds is 2. The van der Waals surface area contributed by atoms with Crippen molar-refractivity contribution < 1.29 is 4.79 Å². The van der Waals surface area contributed by atoms with Gasteiger partial charge in [-0.2, -0.15) is 5.10 Å². The molecule has 7 heteroatoms. The molecule has 1 atom stereocenters. The van der Waals surface area contributed by atoms with Crippen molar-refractivity contribution in [1.29, 1.82) is 0 Å². The minimum atomic E-state index is -0.275. The molecule has 0 saturated carbocycles. The fraction of sp³-hybridized carbons (Fsp3) is 0.214. The number of amides is 1. The van der Waals surface area contributed by atoms with Crippen molar-refractivity contribution in [3.63, 3.8) is 0 Å². The highest BCUT2D eigenvalue weighted by molar-refractivity contribution is 6.02. The van der Waals surface area contributed by atoms with Crippen LogP contribution in [0.2, 0.25) is 0 Å². The molecule has 1 aliphatic heterocycles. The summed E-state index contributed by atoms with van der Waals surface area (Å²) in [5.74, 6) is -0.0580. The zero-order valence-electron chi connectivity index (χ0n) is 11.2. The third kappa shape index (κ3) is 2.07. The molecule has 4 rings (SSSR count). The lowest BCUT2D eigenvalue weighted by Gasteiger charge is -2.22. The molecule has 0 spiro atoms. The van der Waals surface area contributed by atoms with Gasteiger partial charge < -0.3 is 10.3 Å². The summed E-state index contributed by atoms with van der Waals surface area (Å²) in [6.07, 6.45) is 3.97. The first-order valence-corrected chi connectivity index (χ1v) is 6.79. The molecular weight excluding hydrogens is 268 g/mol. The van der Waals surface area contributed by atoms with Crippen molar-refractivity contribution in [1.82, 2.24) is 25.5 Å². The Labute approximate surface area is 120 Å². The maximum atomic E-state index is 12.4. The lowest BCUT2D eigenvalue weighted by molar-refractivity contribution is -0.118. The molecule has 7 nitrogen and oxygen atoms in total. The number of nitrogens with zero attached hydrogens (tertiary/aromatic N) is 2. The molecule has 0 bridgehead atoms. The van der Waals surface area contributed by atoms with Crippen molar-refractivity contribution in [3.05, 3.63) is 42.1 Å². The minimum absolute atomic E-state index is 0.0580.